The van der Waals surface area contributed by atoms with E-state index < -0.39 is 30.4 Å². The first-order valence-electron chi connectivity index (χ1n) is 11.1. The lowest BCUT2D eigenvalue weighted by atomic mass is 10.0. The molecule has 194 valence electrons. The van der Waals surface area contributed by atoms with E-state index in [4.69, 9.17) is 19.3 Å². The summed E-state index contributed by atoms with van der Waals surface area (Å²) in [6.45, 7) is 5.05. The normalized spacial score (nSPS) is 11.7. The SMILES string of the molecule is COc1cc(/C=N\NC(=O)[C@@H](CC(C)C)NC(=O)COc2ccccc2C)cc(I)c1OCC(=O)O. The molecule has 0 aliphatic rings. The second kappa shape index (κ2) is 14.3. The van der Waals surface area contributed by atoms with Gasteiger partial charge in [0.05, 0.1) is 16.9 Å². The van der Waals surface area contributed by atoms with Crippen LogP contribution in [0.15, 0.2) is 41.5 Å². The van der Waals surface area contributed by atoms with Gasteiger partial charge in [0.1, 0.15) is 11.8 Å². The number of ether oxygens (including phenoxy) is 3. The van der Waals surface area contributed by atoms with Crippen LogP contribution in [0, 0.1) is 16.4 Å². The number of carbonyl (C=O) groups excluding carboxylic acids is 2. The molecule has 10 nitrogen and oxygen atoms in total. The molecule has 36 heavy (non-hydrogen) atoms. The topological polar surface area (TPSA) is 136 Å². The van der Waals surface area contributed by atoms with Crippen LogP contribution in [0.25, 0.3) is 0 Å². The molecule has 0 aliphatic heterocycles. The summed E-state index contributed by atoms with van der Waals surface area (Å²) in [7, 11) is 1.43. The number of halogens is 1. The summed E-state index contributed by atoms with van der Waals surface area (Å²) < 4.78 is 16.7. The van der Waals surface area contributed by atoms with E-state index in [0.717, 1.165) is 5.56 Å². The number of nitrogens with zero attached hydrogens (tertiary/aromatic N) is 1. The molecule has 2 rings (SSSR count). The van der Waals surface area contributed by atoms with Crippen LogP contribution >= 0.6 is 22.6 Å². The summed E-state index contributed by atoms with van der Waals surface area (Å²) in [5.74, 6) is -0.612. The molecule has 0 radical (unpaired) electrons. The molecule has 0 aliphatic carbocycles. The molecular weight excluding hydrogens is 581 g/mol. The van der Waals surface area contributed by atoms with Crippen molar-refractivity contribution in [2.45, 2.75) is 33.2 Å². The van der Waals surface area contributed by atoms with Crippen LogP contribution < -0.4 is 25.0 Å². The van der Waals surface area contributed by atoms with Crippen LogP contribution in [0.5, 0.6) is 17.2 Å². The molecule has 0 spiro atoms. The number of carboxylic acid groups (broad SMARTS) is 1. The Balaban J connectivity index is 2.02. The van der Waals surface area contributed by atoms with Crippen LogP contribution in [-0.2, 0) is 14.4 Å². The van der Waals surface area contributed by atoms with Gasteiger partial charge < -0.3 is 24.6 Å². The number of nitrogens with one attached hydrogen (secondary N) is 2. The van der Waals surface area contributed by atoms with Crippen LogP contribution in [0.1, 0.15) is 31.4 Å². The number of benzene rings is 2. The van der Waals surface area contributed by atoms with Gasteiger partial charge in [0.2, 0.25) is 0 Å². The number of hydrogen-bond donors (Lipinski definition) is 3. The highest BCUT2D eigenvalue weighted by Crippen LogP contribution is 2.33. The predicted octanol–water partition coefficient (Wildman–Crippen LogP) is 3.13. The highest BCUT2D eigenvalue weighted by Gasteiger charge is 2.22. The first kappa shape index (κ1) is 28.9. The van der Waals surface area contributed by atoms with Gasteiger partial charge in [0.25, 0.3) is 11.8 Å². The lowest BCUT2D eigenvalue weighted by Gasteiger charge is -2.19. The fourth-order valence-electron chi connectivity index (χ4n) is 3.14. The molecular formula is C25H30IN3O7. The van der Waals surface area contributed by atoms with E-state index in [0.29, 0.717) is 32.8 Å². The van der Waals surface area contributed by atoms with Gasteiger partial charge in [-0.25, -0.2) is 10.2 Å². The zero-order chi connectivity index (χ0) is 26.7. The highest BCUT2D eigenvalue weighted by molar-refractivity contribution is 14.1. The molecule has 0 unspecified atom stereocenters. The Kier molecular flexibility index (Phi) is 11.4. The summed E-state index contributed by atoms with van der Waals surface area (Å²) in [6, 6.07) is 9.86. The number of para-hydroxylation sites is 1. The Bertz CT molecular complexity index is 1110. The van der Waals surface area contributed by atoms with Crippen LogP contribution in [0.3, 0.4) is 0 Å². The van der Waals surface area contributed by atoms with Gasteiger partial charge in [-0.05, 0) is 71.2 Å². The zero-order valence-corrected chi connectivity index (χ0v) is 22.7. The number of methoxy groups -OCH3 is 1. The fraction of sp³-hybridized carbons (Fsp3) is 0.360. The Morgan fingerprint density at radius 3 is 2.47 bits per heavy atom. The molecule has 3 N–H and O–H groups in total. The lowest BCUT2D eigenvalue weighted by molar-refractivity contribution is -0.139. The summed E-state index contributed by atoms with van der Waals surface area (Å²) in [5.41, 5.74) is 3.96. The number of rotatable bonds is 13. The largest absolute Gasteiger partial charge is 0.493 e. The highest BCUT2D eigenvalue weighted by atomic mass is 127. The number of hydrazone groups is 1. The van der Waals surface area contributed by atoms with E-state index in [1.165, 1.54) is 13.3 Å². The first-order valence-corrected chi connectivity index (χ1v) is 12.2. The maximum absolute atomic E-state index is 12.7. The minimum absolute atomic E-state index is 0.145. The quantitative estimate of drug-likeness (QED) is 0.180. The smallest absolute Gasteiger partial charge is 0.341 e. The Labute approximate surface area is 223 Å². The van der Waals surface area contributed by atoms with Crippen LogP contribution in [0.4, 0.5) is 0 Å². The van der Waals surface area contributed by atoms with Gasteiger partial charge in [-0.1, -0.05) is 32.0 Å². The first-order chi connectivity index (χ1) is 17.1. The van der Waals surface area contributed by atoms with Gasteiger partial charge in [-0.3, -0.25) is 9.59 Å². The molecule has 11 heteroatoms. The fourth-order valence-corrected chi connectivity index (χ4v) is 3.92. The molecule has 0 fully saturated rings. The number of hydrogen-bond acceptors (Lipinski definition) is 7. The van der Waals surface area contributed by atoms with E-state index in [2.05, 4.69) is 15.8 Å². The molecule has 0 saturated carbocycles. The molecule has 2 amide bonds. The van der Waals surface area contributed by atoms with Crippen molar-refractivity contribution in [2.24, 2.45) is 11.0 Å². The molecule has 0 heterocycles. The van der Waals surface area contributed by atoms with Crippen molar-refractivity contribution >= 4 is 46.6 Å². The Hall–Kier alpha value is -3.35. The minimum Gasteiger partial charge on any atom is -0.493 e. The third-order valence-corrected chi connectivity index (χ3v) is 5.59. The maximum atomic E-state index is 12.7. The van der Waals surface area contributed by atoms with E-state index in [9.17, 15) is 14.4 Å². The number of carboxylic acids is 1. The number of aliphatic carboxylic acids is 1. The molecule has 2 aromatic carbocycles. The second-order valence-corrected chi connectivity index (χ2v) is 9.42. The number of amides is 2. The second-order valence-electron chi connectivity index (χ2n) is 8.25. The van der Waals surface area contributed by atoms with E-state index in [1.54, 1.807) is 18.2 Å². The zero-order valence-electron chi connectivity index (χ0n) is 20.5. The third-order valence-electron chi connectivity index (χ3n) is 4.79. The molecule has 0 bridgehead atoms. The standard InChI is InChI=1S/C25H30IN3O7/c1-15(2)9-19(28-22(30)13-35-20-8-6-5-7-16(20)3)25(33)29-27-12-17-10-18(26)24(21(11-17)34-4)36-14-23(31)32/h5-8,10-12,15,19H,9,13-14H2,1-4H3,(H,28,30)(H,29,33)(H,31,32)/b27-12-/t19-/m1/s1. The van der Waals surface area contributed by atoms with Gasteiger partial charge >= 0.3 is 5.97 Å². The van der Waals surface area contributed by atoms with Crippen molar-refractivity contribution in [1.29, 1.82) is 0 Å². The average molecular weight is 611 g/mol. The minimum atomic E-state index is -1.11. The molecule has 0 aromatic heterocycles. The van der Waals surface area contributed by atoms with Gasteiger partial charge in [-0.15, -0.1) is 0 Å². The van der Waals surface area contributed by atoms with Crippen molar-refractivity contribution < 1.29 is 33.7 Å². The summed E-state index contributed by atoms with van der Waals surface area (Å²) in [5, 5.41) is 15.5. The summed E-state index contributed by atoms with van der Waals surface area (Å²) in [6.07, 6.45) is 1.83. The summed E-state index contributed by atoms with van der Waals surface area (Å²) >= 11 is 1.99. The molecule has 2 aromatic rings. The van der Waals surface area contributed by atoms with Crippen molar-refractivity contribution in [1.82, 2.24) is 10.7 Å². The van der Waals surface area contributed by atoms with E-state index in [1.807, 2.05) is 61.6 Å². The van der Waals surface area contributed by atoms with E-state index >= 15 is 0 Å². The van der Waals surface area contributed by atoms with Crippen molar-refractivity contribution in [3.8, 4) is 17.2 Å². The number of carbonyl (C=O) groups is 3. The Morgan fingerprint density at radius 1 is 1.11 bits per heavy atom. The third kappa shape index (κ3) is 9.36. The molecule has 0 saturated heterocycles. The molecule has 1 atom stereocenters. The van der Waals surface area contributed by atoms with Crippen molar-refractivity contribution in [2.75, 3.05) is 20.3 Å². The van der Waals surface area contributed by atoms with Gasteiger partial charge in [0.15, 0.2) is 24.7 Å². The monoisotopic (exact) mass is 611 g/mol. The van der Waals surface area contributed by atoms with Crippen molar-refractivity contribution in [3.63, 3.8) is 0 Å². The van der Waals surface area contributed by atoms with Gasteiger partial charge in [-0.2, -0.15) is 5.10 Å². The average Bonchev–Trinajstić information content (AvgIpc) is 2.81. The van der Waals surface area contributed by atoms with Gasteiger partial charge in [0, 0.05) is 0 Å². The number of aryl methyl sites for hydroxylation is 1. The Morgan fingerprint density at radius 2 is 1.83 bits per heavy atom. The van der Waals surface area contributed by atoms with Crippen LogP contribution in [0.2, 0.25) is 0 Å². The predicted molar refractivity (Wildman–Crippen MR) is 143 cm³/mol. The van der Waals surface area contributed by atoms with Crippen LogP contribution in [-0.4, -0.2) is 55.5 Å². The van der Waals surface area contributed by atoms with E-state index in [-0.39, 0.29) is 12.5 Å². The lowest BCUT2D eigenvalue weighted by Crippen LogP contribution is -2.47. The van der Waals surface area contributed by atoms with Crippen molar-refractivity contribution in [3.05, 3.63) is 51.1 Å². The summed E-state index contributed by atoms with van der Waals surface area (Å²) in [4.78, 5) is 36.0. The maximum Gasteiger partial charge on any atom is 0.341 e.